The maximum absolute atomic E-state index is 13.2. The van der Waals surface area contributed by atoms with E-state index in [-0.39, 0.29) is 23.1 Å². The fourth-order valence-electron chi connectivity index (χ4n) is 4.26. The molecule has 1 spiro atoms. The van der Waals surface area contributed by atoms with Gasteiger partial charge in [0.2, 0.25) is 5.60 Å². The average molecular weight is 464 g/mol. The van der Waals surface area contributed by atoms with Gasteiger partial charge < -0.3 is 31.3 Å². The van der Waals surface area contributed by atoms with E-state index in [0.717, 1.165) is 37.1 Å². The highest BCUT2D eigenvalue weighted by atomic mass is 79.9. The molecule has 2 aromatic carbocycles. The minimum Gasteiger partial charge on any atom is -1.00 e. The van der Waals surface area contributed by atoms with Crippen LogP contribution in [0, 0.1) is 0 Å². The first-order valence-electron chi connectivity index (χ1n) is 9.60. The Bertz CT molecular complexity index is 741. The largest absolute Gasteiger partial charge is 1.00 e. The minimum atomic E-state index is -1.78. The van der Waals surface area contributed by atoms with Crippen LogP contribution in [0.25, 0.3) is 0 Å². The summed E-state index contributed by atoms with van der Waals surface area (Å²) in [6.45, 7) is 4.24. The van der Waals surface area contributed by atoms with Gasteiger partial charge in [-0.25, -0.2) is 4.79 Å². The molecule has 0 radical (unpaired) electrons. The van der Waals surface area contributed by atoms with Crippen LogP contribution in [-0.4, -0.2) is 59.3 Å². The first kappa shape index (κ1) is 21.4. The number of benzene rings is 2. The molecule has 0 aliphatic carbocycles. The zero-order valence-corrected chi connectivity index (χ0v) is 18.2. The number of thioether (sulfide) groups is 1. The van der Waals surface area contributed by atoms with Gasteiger partial charge in [-0.2, -0.15) is 11.8 Å². The predicted molar refractivity (Wildman–Crippen MR) is 107 cm³/mol. The maximum atomic E-state index is 13.2. The highest BCUT2D eigenvalue weighted by molar-refractivity contribution is 7.99. The summed E-state index contributed by atoms with van der Waals surface area (Å²) in [5.74, 6) is 1.79. The first-order chi connectivity index (χ1) is 13.1. The van der Waals surface area contributed by atoms with Gasteiger partial charge in [0.15, 0.2) is 6.10 Å². The fourth-order valence-corrected chi connectivity index (χ4v) is 5.50. The monoisotopic (exact) mass is 463 g/mol. The number of carbonyl (C=O) groups excluding carboxylic acids is 1. The van der Waals surface area contributed by atoms with Gasteiger partial charge in [0.25, 0.3) is 0 Å². The number of hydrogen-bond donors (Lipinski definition) is 1. The molecule has 6 heteroatoms. The SMILES string of the molecule is O=C(OC1CC[N+]2(CCSCC2)C1)C(O)(c1ccccc1)c1ccccc1.[Br-]. The number of rotatable bonds is 4. The Morgan fingerprint density at radius 2 is 1.50 bits per heavy atom. The Hall–Kier alpha value is -1.34. The zero-order valence-electron chi connectivity index (χ0n) is 15.8. The number of halogens is 1. The Balaban J connectivity index is 0.00000225. The number of carbonyl (C=O) groups is 1. The summed E-state index contributed by atoms with van der Waals surface area (Å²) in [6, 6.07) is 18.2. The minimum absolute atomic E-state index is 0. The summed E-state index contributed by atoms with van der Waals surface area (Å²) >= 11 is 2.01. The van der Waals surface area contributed by atoms with Gasteiger partial charge in [-0.05, 0) is 11.1 Å². The number of quaternary nitrogens is 1. The van der Waals surface area contributed by atoms with Crippen LogP contribution in [0.3, 0.4) is 0 Å². The summed E-state index contributed by atoms with van der Waals surface area (Å²) in [4.78, 5) is 13.2. The van der Waals surface area contributed by atoms with Crippen molar-refractivity contribution in [2.75, 3.05) is 37.7 Å². The Labute approximate surface area is 181 Å². The fraction of sp³-hybridized carbons (Fsp3) is 0.409. The molecule has 0 amide bonds. The molecule has 0 aromatic heterocycles. The van der Waals surface area contributed by atoms with Crippen LogP contribution < -0.4 is 17.0 Å². The lowest BCUT2D eigenvalue weighted by Gasteiger charge is -2.37. The van der Waals surface area contributed by atoms with Crippen molar-refractivity contribution in [3.63, 3.8) is 0 Å². The van der Waals surface area contributed by atoms with E-state index in [0.29, 0.717) is 11.1 Å². The van der Waals surface area contributed by atoms with Gasteiger partial charge in [-0.15, -0.1) is 0 Å². The summed E-state index contributed by atoms with van der Waals surface area (Å²) < 4.78 is 6.96. The molecule has 1 N–H and O–H groups in total. The van der Waals surface area contributed by atoms with Gasteiger partial charge in [0.1, 0.15) is 6.54 Å². The van der Waals surface area contributed by atoms with Gasteiger partial charge in [-0.1, -0.05) is 60.7 Å². The van der Waals surface area contributed by atoms with Crippen LogP contribution in [-0.2, 0) is 15.1 Å². The molecule has 4 nitrogen and oxygen atoms in total. The van der Waals surface area contributed by atoms with Crippen LogP contribution in [0.1, 0.15) is 17.5 Å². The molecule has 2 heterocycles. The number of nitrogens with zero attached hydrogens (tertiary/aromatic N) is 1. The van der Waals surface area contributed by atoms with Crippen molar-refractivity contribution in [1.82, 2.24) is 0 Å². The van der Waals surface area contributed by atoms with Crippen LogP contribution in [0.2, 0.25) is 0 Å². The Kier molecular flexibility index (Phi) is 6.86. The maximum Gasteiger partial charge on any atom is 0.348 e. The molecule has 2 aromatic rings. The van der Waals surface area contributed by atoms with E-state index in [1.165, 1.54) is 11.5 Å². The highest BCUT2D eigenvalue weighted by Crippen LogP contribution is 2.33. The molecule has 0 saturated carbocycles. The quantitative estimate of drug-likeness (QED) is 0.504. The molecular weight excluding hydrogens is 438 g/mol. The third kappa shape index (κ3) is 4.15. The van der Waals surface area contributed by atoms with E-state index < -0.39 is 11.6 Å². The van der Waals surface area contributed by atoms with E-state index in [4.69, 9.17) is 4.74 Å². The first-order valence-corrected chi connectivity index (χ1v) is 10.8. The Morgan fingerprint density at radius 3 is 2.04 bits per heavy atom. The number of hydrogen-bond acceptors (Lipinski definition) is 4. The molecule has 4 rings (SSSR count). The summed E-state index contributed by atoms with van der Waals surface area (Å²) in [5.41, 5.74) is -0.705. The van der Waals surface area contributed by atoms with Crippen molar-refractivity contribution in [2.24, 2.45) is 0 Å². The van der Waals surface area contributed by atoms with E-state index in [1.807, 2.05) is 48.2 Å². The lowest BCUT2D eigenvalue weighted by molar-refractivity contribution is -0.914. The number of esters is 1. The highest BCUT2D eigenvalue weighted by Gasteiger charge is 2.46. The van der Waals surface area contributed by atoms with Crippen LogP contribution in [0.15, 0.2) is 60.7 Å². The van der Waals surface area contributed by atoms with Crippen LogP contribution in [0.5, 0.6) is 0 Å². The van der Waals surface area contributed by atoms with Gasteiger partial charge in [-0.3, -0.25) is 0 Å². The normalized spacial score (nSPS) is 21.1. The number of ether oxygens (including phenoxy) is 1. The van der Waals surface area contributed by atoms with Crippen LogP contribution >= 0.6 is 11.8 Å². The summed E-state index contributed by atoms with van der Waals surface area (Å²) in [5, 5.41) is 11.5. The molecule has 2 fully saturated rings. The second kappa shape index (κ2) is 8.99. The molecule has 1 unspecified atom stereocenters. The van der Waals surface area contributed by atoms with Crippen molar-refractivity contribution in [3.05, 3.63) is 71.8 Å². The third-order valence-corrected chi connectivity index (χ3v) is 6.83. The van der Waals surface area contributed by atoms with Crippen molar-refractivity contribution in [2.45, 2.75) is 18.1 Å². The molecule has 2 aliphatic heterocycles. The van der Waals surface area contributed by atoms with E-state index in [1.54, 1.807) is 24.3 Å². The smallest absolute Gasteiger partial charge is 0.348 e. The molecule has 1 atom stereocenters. The van der Waals surface area contributed by atoms with Gasteiger partial charge in [0.05, 0.1) is 19.6 Å². The lowest BCUT2D eigenvalue weighted by Crippen LogP contribution is -3.00. The molecule has 0 bridgehead atoms. The third-order valence-electron chi connectivity index (χ3n) is 5.89. The standard InChI is InChI=1S/C22H26NO3S.BrH/c24-21(26-20-11-12-23(17-20)13-15-27-16-14-23)22(25,18-7-3-1-4-8-18)19-9-5-2-6-10-19;/h1-10,20,25H,11-17H2;1H/q+1;/p-1. The average Bonchev–Trinajstić information content (AvgIpc) is 3.10. The lowest BCUT2D eigenvalue weighted by atomic mass is 9.86. The predicted octanol–water partition coefficient (Wildman–Crippen LogP) is -0.194. The van der Waals surface area contributed by atoms with E-state index >= 15 is 0 Å². The van der Waals surface area contributed by atoms with Crippen molar-refractivity contribution >= 4 is 17.7 Å². The van der Waals surface area contributed by atoms with E-state index in [2.05, 4.69) is 0 Å². The molecule has 28 heavy (non-hydrogen) atoms. The second-order valence-corrected chi connectivity index (χ2v) is 8.79. The Morgan fingerprint density at radius 1 is 0.964 bits per heavy atom. The van der Waals surface area contributed by atoms with Gasteiger partial charge >= 0.3 is 5.97 Å². The van der Waals surface area contributed by atoms with Crippen LogP contribution in [0.4, 0.5) is 0 Å². The molecular formula is C22H26BrNO3S. The van der Waals surface area contributed by atoms with E-state index in [9.17, 15) is 9.90 Å². The zero-order chi connectivity index (χ0) is 18.7. The number of aliphatic hydroxyl groups is 1. The molecule has 150 valence electrons. The van der Waals surface area contributed by atoms with Gasteiger partial charge in [0, 0.05) is 17.9 Å². The summed E-state index contributed by atoms with van der Waals surface area (Å²) in [6.07, 6.45) is 0.746. The second-order valence-electron chi connectivity index (χ2n) is 7.57. The van der Waals surface area contributed by atoms with Crippen molar-refractivity contribution < 1.29 is 36.1 Å². The molecule has 2 aliphatic rings. The molecule has 2 saturated heterocycles. The topological polar surface area (TPSA) is 46.5 Å². The van der Waals surface area contributed by atoms with Crippen molar-refractivity contribution in [3.8, 4) is 0 Å². The summed E-state index contributed by atoms with van der Waals surface area (Å²) in [7, 11) is 0. The van der Waals surface area contributed by atoms with Crippen molar-refractivity contribution in [1.29, 1.82) is 0 Å².